The molecule has 0 bridgehead atoms. The highest BCUT2D eigenvalue weighted by Crippen LogP contribution is 2.34. The van der Waals surface area contributed by atoms with Gasteiger partial charge < -0.3 is 9.47 Å². The van der Waals surface area contributed by atoms with Crippen molar-refractivity contribution >= 4 is 57.3 Å². The summed E-state index contributed by atoms with van der Waals surface area (Å²) in [4.78, 5) is 12.1. The van der Waals surface area contributed by atoms with Gasteiger partial charge in [-0.2, -0.15) is 5.10 Å². The van der Waals surface area contributed by atoms with Crippen LogP contribution in [0.25, 0.3) is 0 Å². The fourth-order valence-electron chi connectivity index (χ4n) is 2.11. The molecule has 0 atom stereocenters. The zero-order valence-electron chi connectivity index (χ0n) is 14.8. The Morgan fingerprint density at radius 3 is 2.54 bits per heavy atom. The van der Waals surface area contributed by atoms with Crippen molar-refractivity contribution < 1.29 is 14.3 Å². The molecule has 0 aliphatic heterocycles. The van der Waals surface area contributed by atoms with Gasteiger partial charge in [0.05, 0.1) is 22.5 Å². The van der Waals surface area contributed by atoms with E-state index in [0.717, 1.165) is 18.5 Å². The first-order valence-corrected chi connectivity index (χ1v) is 10.3. The normalized spacial score (nSPS) is 11.0. The summed E-state index contributed by atoms with van der Waals surface area (Å²) in [6, 6.07) is 11.1. The molecule has 2 aromatic carbocycles. The number of benzene rings is 2. The van der Waals surface area contributed by atoms with Crippen LogP contribution in [0.5, 0.6) is 11.5 Å². The van der Waals surface area contributed by atoms with Crippen LogP contribution in [0.15, 0.2) is 41.5 Å². The summed E-state index contributed by atoms with van der Waals surface area (Å²) in [5.74, 6) is 1.14. The van der Waals surface area contributed by atoms with E-state index in [9.17, 15) is 4.79 Å². The second kappa shape index (κ2) is 10.1. The van der Waals surface area contributed by atoms with E-state index in [1.807, 2.05) is 45.0 Å². The number of amides is 1. The van der Waals surface area contributed by atoms with Crippen molar-refractivity contribution in [3.8, 4) is 11.5 Å². The molecule has 5 nitrogen and oxygen atoms in total. The molecule has 7 heteroatoms. The maximum absolute atomic E-state index is 12.1. The van der Waals surface area contributed by atoms with Crippen molar-refractivity contribution in [2.24, 2.45) is 5.10 Å². The van der Waals surface area contributed by atoms with Crippen LogP contribution in [0.3, 0.4) is 0 Å². The van der Waals surface area contributed by atoms with Crippen LogP contribution in [-0.2, 0) is 0 Å². The highest BCUT2D eigenvalue weighted by molar-refractivity contribution is 14.1. The molecule has 0 saturated heterocycles. The fourth-order valence-corrected chi connectivity index (χ4v) is 3.22. The first-order valence-electron chi connectivity index (χ1n) is 8.12. The van der Waals surface area contributed by atoms with E-state index in [1.54, 1.807) is 18.3 Å². The van der Waals surface area contributed by atoms with Crippen molar-refractivity contribution in [3.63, 3.8) is 0 Å². The summed E-state index contributed by atoms with van der Waals surface area (Å²) < 4.78 is 13.5. The number of rotatable bonds is 7. The van der Waals surface area contributed by atoms with E-state index in [2.05, 4.69) is 55.7 Å². The Labute approximate surface area is 180 Å². The molecule has 2 aromatic rings. The SMILES string of the molecule is CCOc1cc(/C=N\NC(=O)c2ccc(I)cc2)cc(I)c1OC(C)C. The summed E-state index contributed by atoms with van der Waals surface area (Å²) in [6.45, 7) is 6.41. The van der Waals surface area contributed by atoms with Gasteiger partial charge in [0.15, 0.2) is 11.5 Å². The maximum atomic E-state index is 12.1. The standard InChI is InChI=1S/C19H20I2N2O3/c1-4-25-17-10-13(9-16(21)18(17)26-12(2)3)11-22-23-19(24)14-5-7-15(20)8-6-14/h5-12H,4H2,1-3H3,(H,23,24)/b22-11-. The van der Waals surface area contributed by atoms with Gasteiger partial charge in [-0.1, -0.05) is 0 Å². The minimum atomic E-state index is -0.253. The predicted octanol–water partition coefficient (Wildman–Crippen LogP) is 4.85. The van der Waals surface area contributed by atoms with Crippen LogP contribution in [0, 0.1) is 7.14 Å². The highest BCUT2D eigenvalue weighted by atomic mass is 127. The van der Waals surface area contributed by atoms with Gasteiger partial charge in [-0.15, -0.1) is 0 Å². The molecule has 0 saturated carbocycles. The van der Waals surface area contributed by atoms with Crippen LogP contribution in [0.1, 0.15) is 36.7 Å². The topological polar surface area (TPSA) is 59.9 Å². The number of ether oxygens (including phenoxy) is 2. The summed E-state index contributed by atoms with van der Waals surface area (Å²) in [6.07, 6.45) is 1.64. The van der Waals surface area contributed by atoms with Gasteiger partial charge in [0.1, 0.15) is 0 Å². The molecule has 0 fully saturated rings. The molecular weight excluding hydrogens is 558 g/mol. The number of carbonyl (C=O) groups is 1. The Hall–Kier alpha value is -1.36. The average molecular weight is 578 g/mol. The largest absolute Gasteiger partial charge is 0.490 e. The van der Waals surface area contributed by atoms with Crippen molar-refractivity contribution in [3.05, 3.63) is 54.7 Å². The number of nitrogens with one attached hydrogen (secondary N) is 1. The van der Waals surface area contributed by atoms with E-state index in [0.29, 0.717) is 17.9 Å². The van der Waals surface area contributed by atoms with Crippen LogP contribution in [0.2, 0.25) is 0 Å². The monoisotopic (exact) mass is 578 g/mol. The smallest absolute Gasteiger partial charge is 0.271 e. The first-order chi connectivity index (χ1) is 12.4. The summed E-state index contributed by atoms with van der Waals surface area (Å²) >= 11 is 4.40. The van der Waals surface area contributed by atoms with Gasteiger partial charge >= 0.3 is 0 Å². The molecule has 0 heterocycles. The second-order valence-corrected chi connectivity index (χ2v) is 8.04. The average Bonchev–Trinajstić information content (AvgIpc) is 2.58. The Bertz CT molecular complexity index is 790. The van der Waals surface area contributed by atoms with Crippen LogP contribution in [0.4, 0.5) is 0 Å². The minimum absolute atomic E-state index is 0.0514. The molecule has 1 N–H and O–H groups in total. The summed E-state index contributed by atoms with van der Waals surface area (Å²) in [5, 5.41) is 4.05. The van der Waals surface area contributed by atoms with Crippen molar-refractivity contribution in [1.82, 2.24) is 5.43 Å². The third-order valence-corrected chi connectivity index (χ3v) is 4.69. The molecular formula is C19H20I2N2O3. The Kier molecular flexibility index (Phi) is 8.14. The van der Waals surface area contributed by atoms with Gasteiger partial charge in [-0.25, -0.2) is 5.43 Å². The lowest BCUT2D eigenvalue weighted by molar-refractivity contribution is 0.0955. The maximum Gasteiger partial charge on any atom is 0.271 e. The Balaban J connectivity index is 2.14. The molecule has 1 amide bonds. The second-order valence-electron chi connectivity index (χ2n) is 5.64. The number of hydrazone groups is 1. The lowest BCUT2D eigenvalue weighted by Gasteiger charge is -2.16. The van der Waals surface area contributed by atoms with Gasteiger partial charge in [0, 0.05) is 9.13 Å². The number of hydrogen-bond acceptors (Lipinski definition) is 4. The number of carbonyl (C=O) groups excluding carboxylic acids is 1. The molecule has 2 rings (SSSR count). The van der Waals surface area contributed by atoms with Crippen molar-refractivity contribution in [1.29, 1.82) is 0 Å². The third kappa shape index (κ3) is 6.11. The molecule has 0 radical (unpaired) electrons. The summed E-state index contributed by atoms with van der Waals surface area (Å²) in [7, 11) is 0. The highest BCUT2D eigenvalue weighted by Gasteiger charge is 2.13. The van der Waals surface area contributed by atoms with E-state index < -0.39 is 0 Å². The number of nitrogens with zero attached hydrogens (tertiary/aromatic N) is 1. The minimum Gasteiger partial charge on any atom is -0.490 e. The fraction of sp³-hybridized carbons (Fsp3) is 0.263. The summed E-state index contributed by atoms with van der Waals surface area (Å²) in [5.41, 5.74) is 3.92. The Morgan fingerprint density at radius 1 is 1.23 bits per heavy atom. The first kappa shape index (κ1) is 20.9. The van der Waals surface area contributed by atoms with Crippen LogP contribution in [-0.4, -0.2) is 24.8 Å². The van der Waals surface area contributed by atoms with E-state index in [-0.39, 0.29) is 12.0 Å². The lowest BCUT2D eigenvalue weighted by Crippen LogP contribution is -2.17. The molecule has 0 aliphatic carbocycles. The van der Waals surface area contributed by atoms with E-state index in [1.165, 1.54) is 0 Å². The zero-order chi connectivity index (χ0) is 19.1. The van der Waals surface area contributed by atoms with Crippen LogP contribution < -0.4 is 14.9 Å². The van der Waals surface area contributed by atoms with Gasteiger partial charge in [-0.05, 0) is 108 Å². The van der Waals surface area contributed by atoms with Gasteiger partial charge in [0.2, 0.25) is 0 Å². The van der Waals surface area contributed by atoms with Crippen molar-refractivity contribution in [2.45, 2.75) is 26.9 Å². The molecule has 138 valence electrons. The molecule has 0 aromatic heterocycles. The van der Waals surface area contributed by atoms with Crippen LogP contribution >= 0.6 is 45.2 Å². The molecule has 0 unspecified atom stereocenters. The quantitative estimate of drug-likeness (QED) is 0.291. The predicted molar refractivity (Wildman–Crippen MR) is 120 cm³/mol. The number of hydrogen-bond donors (Lipinski definition) is 1. The van der Waals surface area contributed by atoms with Gasteiger partial charge in [0.25, 0.3) is 5.91 Å². The molecule has 0 spiro atoms. The van der Waals surface area contributed by atoms with Gasteiger partial charge in [-0.3, -0.25) is 4.79 Å². The third-order valence-electron chi connectivity index (χ3n) is 3.17. The Morgan fingerprint density at radius 2 is 1.92 bits per heavy atom. The van der Waals surface area contributed by atoms with Crippen molar-refractivity contribution in [2.75, 3.05) is 6.61 Å². The van der Waals surface area contributed by atoms with E-state index >= 15 is 0 Å². The lowest BCUT2D eigenvalue weighted by atomic mass is 10.2. The zero-order valence-corrected chi connectivity index (χ0v) is 19.1. The molecule has 0 aliphatic rings. The van der Waals surface area contributed by atoms with E-state index in [4.69, 9.17) is 9.47 Å². The molecule has 26 heavy (non-hydrogen) atoms. The number of halogens is 2.